The molecule has 0 aliphatic rings. The summed E-state index contributed by atoms with van der Waals surface area (Å²) in [6, 6.07) is 10.3. The minimum absolute atomic E-state index is 0.145. The first-order valence-corrected chi connectivity index (χ1v) is 10.5. The summed E-state index contributed by atoms with van der Waals surface area (Å²) in [5, 5.41) is 11.4. The molecule has 164 valence electrons. The Hall–Kier alpha value is -2.55. The van der Waals surface area contributed by atoms with Gasteiger partial charge < -0.3 is 20.1 Å². The molecule has 0 aliphatic heterocycles. The van der Waals surface area contributed by atoms with Crippen molar-refractivity contribution in [3.8, 4) is 11.5 Å². The number of thiocarbonyl (C=S) groups is 1. The number of benzene rings is 2. The van der Waals surface area contributed by atoms with E-state index in [1.807, 2.05) is 18.2 Å². The van der Waals surface area contributed by atoms with Crippen molar-refractivity contribution in [1.82, 2.24) is 15.1 Å². The molecule has 1 heterocycles. The van der Waals surface area contributed by atoms with Crippen LogP contribution in [0.5, 0.6) is 11.5 Å². The Kier molecular flexibility index (Phi) is 7.95. The van der Waals surface area contributed by atoms with Crippen molar-refractivity contribution in [2.24, 2.45) is 0 Å². The number of hydrogen-bond acceptors (Lipinski definition) is 4. The SMILES string of the molecule is COc1ccc(CCNC(=S)Nc2nn(Cc3c(F)cccc3Cl)cc2Cl)cc1OC. The third-order valence-corrected chi connectivity index (χ3v) is 5.36. The Morgan fingerprint density at radius 2 is 1.90 bits per heavy atom. The van der Waals surface area contributed by atoms with E-state index >= 15 is 0 Å². The summed E-state index contributed by atoms with van der Waals surface area (Å²) >= 11 is 17.6. The first kappa shape index (κ1) is 23.1. The molecular formula is C21H21Cl2FN4O2S. The van der Waals surface area contributed by atoms with E-state index < -0.39 is 5.82 Å². The molecule has 0 bridgehead atoms. The lowest BCUT2D eigenvalue weighted by atomic mass is 10.1. The third-order valence-electron chi connectivity index (χ3n) is 4.48. The van der Waals surface area contributed by atoms with Gasteiger partial charge in [-0.25, -0.2) is 4.39 Å². The smallest absolute Gasteiger partial charge is 0.173 e. The summed E-state index contributed by atoms with van der Waals surface area (Å²) in [7, 11) is 3.20. The minimum Gasteiger partial charge on any atom is -0.493 e. The molecule has 0 fully saturated rings. The predicted molar refractivity (Wildman–Crippen MR) is 125 cm³/mol. The predicted octanol–water partition coefficient (Wildman–Crippen LogP) is 4.92. The molecule has 3 aromatic rings. The van der Waals surface area contributed by atoms with Gasteiger partial charge >= 0.3 is 0 Å². The van der Waals surface area contributed by atoms with Gasteiger partial charge in [-0.05, 0) is 48.5 Å². The average molecular weight is 483 g/mol. The molecule has 0 amide bonds. The van der Waals surface area contributed by atoms with Crippen LogP contribution >= 0.6 is 35.4 Å². The number of anilines is 1. The van der Waals surface area contributed by atoms with Crippen LogP contribution in [0, 0.1) is 5.82 Å². The molecule has 2 N–H and O–H groups in total. The first-order chi connectivity index (χ1) is 14.9. The Labute approximate surface area is 195 Å². The molecule has 0 saturated carbocycles. The number of methoxy groups -OCH3 is 2. The number of nitrogens with zero attached hydrogens (tertiary/aromatic N) is 2. The van der Waals surface area contributed by atoms with Crippen molar-refractivity contribution in [3.63, 3.8) is 0 Å². The maximum atomic E-state index is 14.0. The number of ether oxygens (including phenoxy) is 2. The second-order valence-corrected chi connectivity index (χ2v) is 7.77. The molecule has 1 aromatic heterocycles. The summed E-state index contributed by atoms with van der Waals surface area (Å²) in [6.07, 6.45) is 2.30. The van der Waals surface area contributed by atoms with Crippen LogP contribution in [0.4, 0.5) is 10.2 Å². The minimum atomic E-state index is -0.402. The lowest BCUT2D eigenvalue weighted by molar-refractivity contribution is 0.354. The van der Waals surface area contributed by atoms with Crippen LogP contribution in [0.1, 0.15) is 11.1 Å². The van der Waals surface area contributed by atoms with E-state index in [1.54, 1.807) is 32.5 Å². The highest BCUT2D eigenvalue weighted by Crippen LogP contribution is 2.27. The van der Waals surface area contributed by atoms with Crippen molar-refractivity contribution in [3.05, 3.63) is 69.6 Å². The standard InChI is InChI=1S/C21H21Cl2FN4O2S/c1-29-18-7-6-13(10-19(18)30-2)8-9-25-21(31)26-20-16(23)12-28(27-20)11-14-15(22)4-3-5-17(14)24/h3-7,10,12H,8-9,11H2,1-2H3,(H2,25,26,27,31). The maximum absolute atomic E-state index is 14.0. The highest BCUT2D eigenvalue weighted by Gasteiger charge is 2.13. The second kappa shape index (κ2) is 10.7. The summed E-state index contributed by atoms with van der Waals surface area (Å²) in [5.74, 6) is 1.32. The van der Waals surface area contributed by atoms with Crippen LogP contribution in [-0.2, 0) is 13.0 Å². The van der Waals surface area contributed by atoms with Crippen LogP contribution in [-0.4, -0.2) is 35.7 Å². The topological polar surface area (TPSA) is 60.3 Å². The fraction of sp³-hybridized carbons (Fsp3) is 0.238. The molecule has 0 aliphatic carbocycles. The van der Waals surface area contributed by atoms with Crippen molar-refractivity contribution in [2.45, 2.75) is 13.0 Å². The number of aromatic nitrogens is 2. The summed E-state index contributed by atoms with van der Waals surface area (Å²) in [5.41, 5.74) is 1.41. The van der Waals surface area contributed by atoms with Crippen LogP contribution in [0.25, 0.3) is 0 Å². The first-order valence-electron chi connectivity index (χ1n) is 9.33. The average Bonchev–Trinajstić information content (AvgIpc) is 3.09. The second-order valence-electron chi connectivity index (χ2n) is 6.54. The molecule has 0 atom stereocenters. The van der Waals surface area contributed by atoms with Gasteiger partial charge in [-0.1, -0.05) is 35.3 Å². The maximum Gasteiger partial charge on any atom is 0.173 e. The molecule has 6 nitrogen and oxygen atoms in total. The van der Waals surface area contributed by atoms with E-state index in [0.29, 0.717) is 44.6 Å². The zero-order valence-corrected chi connectivity index (χ0v) is 19.2. The zero-order chi connectivity index (χ0) is 22.4. The molecule has 0 saturated heterocycles. The quantitative estimate of drug-likeness (QED) is 0.444. The Morgan fingerprint density at radius 1 is 1.13 bits per heavy atom. The highest BCUT2D eigenvalue weighted by molar-refractivity contribution is 7.80. The van der Waals surface area contributed by atoms with Crippen molar-refractivity contribution < 1.29 is 13.9 Å². The number of hydrogen-bond donors (Lipinski definition) is 2. The molecule has 31 heavy (non-hydrogen) atoms. The van der Waals surface area contributed by atoms with Crippen LogP contribution in [0.15, 0.2) is 42.6 Å². The van der Waals surface area contributed by atoms with Crippen molar-refractivity contribution >= 4 is 46.4 Å². The normalized spacial score (nSPS) is 10.6. The monoisotopic (exact) mass is 482 g/mol. The van der Waals surface area contributed by atoms with Gasteiger partial charge in [0.25, 0.3) is 0 Å². The summed E-state index contributed by atoms with van der Waals surface area (Å²) in [6.45, 7) is 0.733. The van der Waals surface area contributed by atoms with Crippen LogP contribution in [0.2, 0.25) is 10.0 Å². The number of nitrogens with one attached hydrogen (secondary N) is 2. The molecule has 0 unspecified atom stereocenters. The van der Waals surface area contributed by atoms with Crippen LogP contribution in [0.3, 0.4) is 0 Å². The fourth-order valence-electron chi connectivity index (χ4n) is 2.92. The fourth-order valence-corrected chi connectivity index (χ4v) is 3.54. The van der Waals surface area contributed by atoms with Gasteiger partial charge in [-0.15, -0.1) is 0 Å². The molecule has 3 rings (SSSR count). The van der Waals surface area contributed by atoms with E-state index in [-0.39, 0.29) is 6.54 Å². The summed E-state index contributed by atoms with van der Waals surface area (Å²) < 4.78 is 26.1. The zero-order valence-electron chi connectivity index (χ0n) is 16.9. The number of halogens is 3. The molecule has 0 radical (unpaired) electrons. The van der Waals surface area contributed by atoms with E-state index in [1.165, 1.54) is 10.7 Å². The van der Waals surface area contributed by atoms with E-state index in [4.69, 9.17) is 44.9 Å². The largest absolute Gasteiger partial charge is 0.493 e. The van der Waals surface area contributed by atoms with Crippen LogP contribution < -0.4 is 20.1 Å². The number of rotatable bonds is 8. The van der Waals surface area contributed by atoms with E-state index in [0.717, 1.165) is 12.0 Å². The Balaban J connectivity index is 1.55. The van der Waals surface area contributed by atoms with Gasteiger partial charge in [0.05, 0.1) is 20.8 Å². The van der Waals surface area contributed by atoms with E-state index in [2.05, 4.69) is 15.7 Å². The Bertz CT molecular complexity index is 1060. The summed E-state index contributed by atoms with van der Waals surface area (Å²) in [4.78, 5) is 0. The lowest BCUT2D eigenvalue weighted by Gasteiger charge is -2.11. The van der Waals surface area contributed by atoms with Gasteiger partial charge in [0, 0.05) is 23.3 Å². The molecular weight excluding hydrogens is 462 g/mol. The van der Waals surface area contributed by atoms with Gasteiger partial charge in [-0.3, -0.25) is 4.68 Å². The molecule has 0 spiro atoms. The van der Waals surface area contributed by atoms with Gasteiger partial charge in [-0.2, -0.15) is 5.10 Å². The van der Waals surface area contributed by atoms with Gasteiger partial charge in [0.1, 0.15) is 10.8 Å². The molecule has 10 heteroatoms. The van der Waals surface area contributed by atoms with Gasteiger partial charge in [0.15, 0.2) is 22.4 Å². The van der Waals surface area contributed by atoms with Crippen molar-refractivity contribution in [1.29, 1.82) is 0 Å². The van der Waals surface area contributed by atoms with Gasteiger partial charge in [0.2, 0.25) is 0 Å². The van der Waals surface area contributed by atoms with Crippen molar-refractivity contribution in [2.75, 3.05) is 26.1 Å². The highest BCUT2D eigenvalue weighted by atomic mass is 35.5. The Morgan fingerprint density at radius 3 is 2.61 bits per heavy atom. The molecule has 2 aromatic carbocycles. The lowest BCUT2D eigenvalue weighted by Crippen LogP contribution is -2.30. The third kappa shape index (κ3) is 6.00. The van der Waals surface area contributed by atoms with E-state index in [9.17, 15) is 4.39 Å².